The van der Waals surface area contributed by atoms with Crippen LogP contribution in [0.2, 0.25) is 0 Å². The monoisotopic (exact) mass is 275 g/mol. The van der Waals surface area contributed by atoms with Crippen molar-refractivity contribution < 1.29 is 13.2 Å². The van der Waals surface area contributed by atoms with Crippen LogP contribution < -0.4 is 16.6 Å². The standard InChI is InChI=1S/C11H16F3N5/c1-10(3-2-4-10)6-16-8-5-7(11(12,13)14)17-9(18-8)19-15/h5H,2-4,6,15H2,1H3,(H2,16,17,18,19). The number of alkyl halides is 3. The number of rotatable bonds is 4. The number of anilines is 2. The molecule has 19 heavy (non-hydrogen) atoms. The molecule has 106 valence electrons. The Balaban J connectivity index is 2.15. The molecule has 1 aliphatic rings. The van der Waals surface area contributed by atoms with Gasteiger partial charge in [0.25, 0.3) is 0 Å². The number of hydrogen-bond acceptors (Lipinski definition) is 5. The van der Waals surface area contributed by atoms with Gasteiger partial charge in [-0.25, -0.2) is 10.8 Å². The van der Waals surface area contributed by atoms with E-state index in [4.69, 9.17) is 5.84 Å². The summed E-state index contributed by atoms with van der Waals surface area (Å²) in [6.07, 6.45) is -1.23. The highest BCUT2D eigenvalue weighted by atomic mass is 19.4. The van der Waals surface area contributed by atoms with Gasteiger partial charge in [0.05, 0.1) is 0 Å². The lowest BCUT2D eigenvalue weighted by Crippen LogP contribution is -2.33. The smallest absolute Gasteiger partial charge is 0.369 e. The Labute approximate surface area is 108 Å². The quantitative estimate of drug-likeness (QED) is 0.581. The first-order valence-corrected chi connectivity index (χ1v) is 5.99. The van der Waals surface area contributed by atoms with E-state index in [9.17, 15) is 13.2 Å². The van der Waals surface area contributed by atoms with Crippen molar-refractivity contribution in [3.8, 4) is 0 Å². The predicted octanol–water partition coefficient (Wildman–Crippen LogP) is 2.38. The molecule has 0 amide bonds. The van der Waals surface area contributed by atoms with E-state index < -0.39 is 11.9 Å². The third kappa shape index (κ3) is 3.25. The lowest BCUT2D eigenvalue weighted by atomic mass is 9.70. The van der Waals surface area contributed by atoms with Gasteiger partial charge in [-0.15, -0.1) is 0 Å². The normalized spacial score (nSPS) is 17.7. The summed E-state index contributed by atoms with van der Waals surface area (Å²) < 4.78 is 37.9. The molecular weight excluding hydrogens is 259 g/mol. The Morgan fingerprint density at radius 3 is 2.53 bits per heavy atom. The van der Waals surface area contributed by atoms with Crippen molar-refractivity contribution in [3.05, 3.63) is 11.8 Å². The molecule has 0 unspecified atom stereocenters. The van der Waals surface area contributed by atoms with Crippen LogP contribution in [0.1, 0.15) is 31.9 Å². The molecule has 0 spiro atoms. The van der Waals surface area contributed by atoms with Crippen molar-refractivity contribution in [1.82, 2.24) is 9.97 Å². The molecule has 1 heterocycles. The van der Waals surface area contributed by atoms with E-state index in [2.05, 4.69) is 22.2 Å². The third-order valence-corrected chi connectivity index (χ3v) is 3.40. The second-order valence-corrected chi connectivity index (χ2v) is 5.12. The lowest BCUT2D eigenvalue weighted by Gasteiger charge is -2.38. The predicted molar refractivity (Wildman–Crippen MR) is 65.3 cm³/mol. The fourth-order valence-corrected chi connectivity index (χ4v) is 2.01. The summed E-state index contributed by atoms with van der Waals surface area (Å²) in [7, 11) is 0. The molecule has 1 saturated carbocycles. The summed E-state index contributed by atoms with van der Waals surface area (Å²) in [6.45, 7) is 2.68. The van der Waals surface area contributed by atoms with E-state index in [0.29, 0.717) is 6.54 Å². The van der Waals surface area contributed by atoms with Gasteiger partial charge in [-0.1, -0.05) is 13.3 Å². The molecule has 0 bridgehead atoms. The van der Waals surface area contributed by atoms with E-state index >= 15 is 0 Å². The van der Waals surface area contributed by atoms with Crippen LogP contribution in [0.25, 0.3) is 0 Å². The topological polar surface area (TPSA) is 75.9 Å². The van der Waals surface area contributed by atoms with Crippen molar-refractivity contribution in [2.45, 2.75) is 32.4 Å². The van der Waals surface area contributed by atoms with Gasteiger partial charge in [-0.3, -0.25) is 5.43 Å². The highest BCUT2D eigenvalue weighted by Crippen LogP contribution is 2.40. The van der Waals surface area contributed by atoms with E-state index in [1.54, 1.807) is 0 Å². The summed E-state index contributed by atoms with van der Waals surface area (Å²) in [6, 6.07) is 0.892. The van der Waals surface area contributed by atoms with Crippen LogP contribution in [-0.2, 0) is 6.18 Å². The number of hydrazine groups is 1. The van der Waals surface area contributed by atoms with Gasteiger partial charge in [0.1, 0.15) is 5.82 Å². The first-order chi connectivity index (χ1) is 8.82. The van der Waals surface area contributed by atoms with Crippen LogP contribution in [0.15, 0.2) is 6.07 Å². The molecule has 0 saturated heterocycles. The molecule has 0 aromatic carbocycles. The fourth-order valence-electron chi connectivity index (χ4n) is 2.01. The molecule has 1 aliphatic carbocycles. The molecule has 0 aliphatic heterocycles. The average molecular weight is 275 g/mol. The Kier molecular flexibility index (Phi) is 3.53. The van der Waals surface area contributed by atoms with Crippen molar-refractivity contribution in [1.29, 1.82) is 0 Å². The average Bonchev–Trinajstić information content (AvgIpc) is 2.32. The lowest BCUT2D eigenvalue weighted by molar-refractivity contribution is -0.141. The fraction of sp³-hybridized carbons (Fsp3) is 0.636. The van der Waals surface area contributed by atoms with Crippen molar-refractivity contribution in [2.24, 2.45) is 11.3 Å². The van der Waals surface area contributed by atoms with Crippen LogP contribution >= 0.6 is 0 Å². The van der Waals surface area contributed by atoms with E-state index in [0.717, 1.165) is 25.3 Å². The van der Waals surface area contributed by atoms with Crippen LogP contribution in [0.4, 0.5) is 24.9 Å². The van der Waals surface area contributed by atoms with Crippen molar-refractivity contribution in [3.63, 3.8) is 0 Å². The maximum absolute atomic E-state index is 12.6. The minimum atomic E-state index is -4.52. The molecule has 1 fully saturated rings. The third-order valence-electron chi connectivity index (χ3n) is 3.40. The maximum Gasteiger partial charge on any atom is 0.433 e. The minimum absolute atomic E-state index is 0.128. The van der Waals surface area contributed by atoms with Gasteiger partial charge in [0.2, 0.25) is 5.95 Å². The molecular formula is C11H16F3N5. The van der Waals surface area contributed by atoms with Crippen LogP contribution in [0, 0.1) is 5.41 Å². The van der Waals surface area contributed by atoms with Crippen LogP contribution in [-0.4, -0.2) is 16.5 Å². The van der Waals surface area contributed by atoms with Gasteiger partial charge < -0.3 is 5.32 Å². The van der Waals surface area contributed by atoms with Gasteiger partial charge >= 0.3 is 6.18 Å². The molecule has 1 aromatic rings. The van der Waals surface area contributed by atoms with Gasteiger partial charge in [0, 0.05) is 12.6 Å². The second-order valence-electron chi connectivity index (χ2n) is 5.12. The summed E-state index contributed by atoms with van der Waals surface area (Å²) >= 11 is 0. The van der Waals surface area contributed by atoms with Crippen molar-refractivity contribution in [2.75, 3.05) is 17.3 Å². The summed E-state index contributed by atoms with van der Waals surface area (Å²) in [5.74, 6) is 4.95. The van der Waals surface area contributed by atoms with Crippen LogP contribution in [0.5, 0.6) is 0 Å². The molecule has 0 atom stereocenters. The molecule has 1 aromatic heterocycles. The highest BCUT2D eigenvalue weighted by Gasteiger charge is 2.34. The highest BCUT2D eigenvalue weighted by molar-refractivity contribution is 5.42. The number of halogens is 3. The van der Waals surface area contributed by atoms with E-state index in [1.165, 1.54) is 0 Å². The largest absolute Gasteiger partial charge is 0.433 e. The second kappa shape index (κ2) is 4.84. The Morgan fingerprint density at radius 1 is 1.37 bits per heavy atom. The zero-order valence-electron chi connectivity index (χ0n) is 10.5. The van der Waals surface area contributed by atoms with Crippen LogP contribution in [0.3, 0.4) is 0 Å². The summed E-state index contributed by atoms with van der Waals surface area (Å²) in [5, 5.41) is 2.93. The summed E-state index contributed by atoms with van der Waals surface area (Å²) in [4.78, 5) is 7.16. The zero-order valence-corrected chi connectivity index (χ0v) is 10.5. The molecule has 5 nitrogen and oxygen atoms in total. The molecule has 8 heteroatoms. The number of aromatic nitrogens is 2. The van der Waals surface area contributed by atoms with Crippen molar-refractivity contribution >= 4 is 11.8 Å². The molecule has 0 radical (unpaired) electrons. The Morgan fingerprint density at radius 2 is 2.05 bits per heavy atom. The maximum atomic E-state index is 12.6. The Hall–Kier alpha value is -1.57. The first-order valence-electron chi connectivity index (χ1n) is 5.99. The number of nitrogens with two attached hydrogens (primary N) is 1. The number of nitrogens with zero attached hydrogens (tertiary/aromatic N) is 2. The Bertz CT molecular complexity index is 456. The number of hydrogen-bond donors (Lipinski definition) is 3. The SMILES string of the molecule is CC1(CNc2cc(C(F)(F)F)nc(NN)n2)CCC1. The number of nitrogens with one attached hydrogen (secondary N) is 2. The van der Waals surface area contributed by atoms with E-state index in [1.807, 2.05) is 5.43 Å². The summed E-state index contributed by atoms with van der Waals surface area (Å²) in [5.41, 5.74) is 1.16. The van der Waals surface area contributed by atoms with E-state index in [-0.39, 0.29) is 17.2 Å². The minimum Gasteiger partial charge on any atom is -0.369 e. The van der Waals surface area contributed by atoms with Gasteiger partial charge in [0.15, 0.2) is 5.69 Å². The number of nitrogen functional groups attached to an aromatic ring is 1. The first kappa shape index (κ1) is 13.9. The van der Waals surface area contributed by atoms with Gasteiger partial charge in [-0.2, -0.15) is 18.2 Å². The molecule has 4 N–H and O–H groups in total. The zero-order chi connectivity index (χ0) is 14.1. The molecule has 2 rings (SSSR count). The van der Waals surface area contributed by atoms with Gasteiger partial charge in [-0.05, 0) is 18.3 Å².